The van der Waals surface area contributed by atoms with Crippen molar-refractivity contribution in [2.45, 2.75) is 32.2 Å². The molecule has 1 aliphatic carbocycles. The minimum Gasteiger partial charge on any atom is -0.365 e. The van der Waals surface area contributed by atoms with E-state index in [4.69, 9.17) is 5.73 Å². The highest BCUT2D eigenvalue weighted by molar-refractivity contribution is 7.17. The van der Waals surface area contributed by atoms with Crippen molar-refractivity contribution in [1.29, 1.82) is 0 Å². The third kappa shape index (κ3) is 3.92. The van der Waals surface area contributed by atoms with E-state index < -0.39 is 10.8 Å². The molecule has 1 aliphatic rings. The number of benzene rings is 1. The average Bonchev–Trinajstić information content (AvgIpc) is 3.32. The number of anilines is 1. The minimum absolute atomic E-state index is 0.0264. The van der Waals surface area contributed by atoms with E-state index >= 15 is 0 Å². The second-order valence-electron chi connectivity index (χ2n) is 6.90. The van der Waals surface area contributed by atoms with Gasteiger partial charge in [-0.05, 0) is 43.4 Å². The molecular weight excluding hydrogens is 408 g/mol. The van der Waals surface area contributed by atoms with Crippen LogP contribution in [0, 0.1) is 10.1 Å². The van der Waals surface area contributed by atoms with Crippen LogP contribution < -0.4 is 11.1 Å². The van der Waals surface area contributed by atoms with E-state index in [9.17, 15) is 19.7 Å². The first-order chi connectivity index (χ1) is 14.4. The van der Waals surface area contributed by atoms with Crippen molar-refractivity contribution in [2.75, 3.05) is 5.32 Å². The number of aromatic nitrogens is 3. The topological polar surface area (TPSA) is 146 Å². The van der Waals surface area contributed by atoms with Crippen molar-refractivity contribution in [1.82, 2.24) is 14.8 Å². The number of primary amides is 1. The number of amides is 2. The van der Waals surface area contributed by atoms with E-state index in [1.54, 1.807) is 12.1 Å². The number of carbonyl (C=O) groups is 2. The molecule has 2 heterocycles. The van der Waals surface area contributed by atoms with Gasteiger partial charge < -0.3 is 11.1 Å². The SMILES string of the molecule is NC(=O)c1c(NC(=O)Cn2cnc(-c3ccc([N+](=O)[O-])cc3)n2)sc2c1CCCC2. The van der Waals surface area contributed by atoms with Gasteiger partial charge in [0, 0.05) is 22.6 Å². The van der Waals surface area contributed by atoms with Gasteiger partial charge in [0.15, 0.2) is 5.82 Å². The van der Waals surface area contributed by atoms with Crippen molar-refractivity contribution in [3.8, 4) is 11.4 Å². The van der Waals surface area contributed by atoms with Crippen LogP contribution in [0.2, 0.25) is 0 Å². The molecule has 4 rings (SSSR count). The molecule has 10 nitrogen and oxygen atoms in total. The number of rotatable bonds is 6. The lowest BCUT2D eigenvalue weighted by atomic mass is 9.95. The number of hydrogen-bond donors (Lipinski definition) is 2. The van der Waals surface area contributed by atoms with Gasteiger partial charge in [0.05, 0.1) is 10.5 Å². The summed E-state index contributed by atoms with van der Waals surface area (Å²) >= 11 is 1.40. The Bertz CT molecular complexity index is 1130. The van der Waals surface area contributed by atoms with E-state index in [0.29, 0.717) is 22.0 Å². The van der Waals surface area contributed by atoms with Crippen LogP contribution >= 0.6 is 11.3 Å². The molecule has 0 saturated heterocycles. The maximum Gasteiger partial charge on any atom is 0.269 e. The zero-order chi connectivity index (χ0) is 21.3. The van der Waals surface area contributed by atoms with Crippen LogP contribution in [0.15, 0.2) is 30.6 Å². The Balaban J connectivity index is 1.47. The number of nitro benzene ring substituents is 1. The summed E-state index contributed by atoms with van der Waals surface area (Å²) in [6, 6.07) is 5.83. The summed E-state index contributed by atoms with van der Waals surface area (Å²) in [5.74, 6) is -0.538. The van der Waals surface area contributed by atoms with Gasteiger partial charge in [0.1, 0.15) is 17.9 Å². The molecule has 2 amide bonds. The lowest BCUT2D eigenvalue weighted by Gasteiger charge is -2.11. The molecule has 0 radical (unpaired) electrons. The van der Waals surface area contributed by atoms with Gasteiger partial charge in [-0.1, -0.05) is 0 Å². The van der Waals surface area contributed by atoms with Crippen molar-refractivity contribution >= 4 is 33.8 Å². The van der Waals surface area contributed by atoms with Crippen LogP contribution in [0.4, 0.5) is 10.7 Å². The number of aryl methyl sites for hydroxylation is 1. The summed E-state index contributed by atoms with van der Waals surface area (Å²) in [6.07, 6.45) is 5.15. The van der Waals surface area contributed by atoms with Crippen molar-refractivity contribution in [3.05, 3.63) is 56.7 Å². The maximum absolute atomic E-state index is 12.5. The van der Waals surface area contributed by atoms with Crippen molar-refractivity contribution in [3.63, 3.8) is 0 Å². The molecular formula is C19H18N6O4S. The number of thiophene rings is 1. The van der Waals surface area contributed by atoms with Crippen LogP contribution in [0.25, 0.3) is 11.4 Å². The van der Waals surface area contributed by atoms with Gasteiger partial charge in [0.2, 0.25) is 5.91 Å². The van der Waals surface area contributed by atoms with Crippen molar-refractivity contribution < 1.29 is 14.5 Å². The van der Waals surface area contributed by atoms with E-state index in [0.717, 1.165) is 36.1 Å². The standard InChI is InChI=1S/C19H18N6O4S/c20-17(27)16-13-3-1-2-4-14(13)30-19(16)22-15(26)9-24-10-21-18(23-24)11-5-7-12(8-6-11)25(28)29/h5-8,10H,1-4,9H2,(H2,20,27)(H,22,26). The smallest absolute Gasteiger partial charge is 0.269 e. The first-order valence-corrected chi connectivity index (χ1v) is 10.1. The minimum atomic E-state index is -0.536. The van der Waals surface area contributed by atoms with Crippen LogP contribution in [0.1, 0.15) is 33.6 Å². The lowest BCUT2D eigenvalue weighted by Crippen LogP contribution is -2.21. The third-order valence-electron chi connectivity index (χ3n) is 4.85. The number of carbonyl (C=O) groups excluding carboxylic acids is 2. The van der Waals surface area contributed by atoms with Crippen LogP contribution in [0.3, 0.4) is 0 Å². The Kier molecular flexibility index (Phi) is 5.27. The largest absolute Gasteiger partial charge is 0.365 e. The summed E-state index contributed by atoms with van der Waals surface area (Å²) in [5, 5.41) is 18.3. The Morgan fingerprint density at radius 3 is 2.67 bits per heavy atom. The Morgan fingerprint density at radius 2 is 1.97 bits per heavy atom. The highest BCUT2D eigenvalue weighted by Gasteiger charge is 2.25. The number of nitrogens with two attached hydrogens (primary N) is 1. The zero-order valence-corrected chi connectivity index (χ0v) is 16.6. The summed E-state index contributed by atoms with van der Waals surface area (Å²) in [7, 11) is 0. The first kappa shape index (κ1) is 19.7. The highest BCUT2D eigenvalue weighted by Crippen LogP contribution is 2.37. The molecule has 154 valence electrons. The lowest BCUT2D eigenvalue weighted by molar-refractivity contribution is -0.384. The fourth-order valence-electron chi connectivity index (χ4n) is 3.46. The number of fused-ring (bicyclic) bond motifs is 1. The van der Waals surface area contributed by atoms with E-state index in [1.165, 1.54) is 34.5 Å². The van der Waals surface area contributed by atoms with Gasteiger partial charge in [-0.25, -0.2) is 9.67 Å². The predicted molar refractivity (Wildman–Crippen MR) is 110 cm³/mol. The Morgan fingerprint density at radius 1 is 1.23 bits per heavy atom. The molecule has 0 bridgehead atoms. The average molecular weight is 426 g/mol. The van der Waals surface area contributed by atoms with Gasteiger partial charge >= 0.3 is 0 Å². The monoisotopic (exact) mass is 426 g/mol. The van der Waals surface area contributed by atoms with Gasteiger partial charge in [-0.3, -0.25) is 19.7 Å². The fourth-order valence-corrected chi connectivity index (χ4v) is 4.77. The molecule has 0 unspecified atom stereocenters. The summed E-state index contributed by atoms with van der Waals surface area (Å²) in [4.78, 5) is 40.0. The second-order valence-corrected chi connectivity index (χ2v) is 8.00. The predicted octanol–water partition coefficient (Wildman–Crippen LogP) is 2.53. The molecule has 30 heavy (non-hydrogen) atoms. The van der Waals surface area contributed by atoms with Gasteiger partial charge in [-0.15, -0.1) is 11.3 Å². The number of hydrogen-bond acceptors (Lipinski definition) is 7. The first-order valence-electron chi connectivity index (χ1n) is 9.31. The molecule has 0 atom stereocenters. The molecule has 3 N–H and O–H groups in total. The molecule has 3 aromatic rings. The van der Waals surface area contributed by atoms with Gasteiger partial charge in [-0.2, -0.15) is 5.10 Å². The van der Waals surface area contributed by atoms with Crippen LogP contribution in [-0.2, 0) is 24.2 Å². The number of nitrogens with zero attached hydrogens (tertiary/aromatic N) is 4. The van der Waals surface area contributed by atoms with Crippen molar-refractivity contribution in [2.24, 2.45) is 5.73 Å². The molecule has 11 heteroatoms. The van der Waals surface area contributed by atoms with E-state index in [1.807, 2.05) is 0 Å². The van der Waals surface area contributed by atoms with Crippen LogP contribution in [-0.4, -0.2) is 31.5 Å². The molecule has 1 aromatic carbocycles. The Hall–Kier alpha value is -3.60. The fraction of sp³-hybridized carbons (Fsp3) is 0.263. The van der Waals surface area contributed by atoms with E-state index in [-0.39, 0.29) is 18.1 Å². The van der Waals surface area contributed by atoms with Gasteiger partial charge in [0.25, 0.3) is 11.6 Å². The van der Waals surface area contributed by atoms with Crippen LogP contribution in [0.5, 0.6) is 0 Å². The summed E-state index contributed by atoms with van der Waals surface area (Å²) in [6.45, 7) is -0.0965. The number of nitro groups is 1. The summed E-state index contributed by atoms with van der Waals surface area (Å²) < 4.78 is 1.36. The molecule has 2 aromatic heterocycles. The quantitative estimate of drug-likeness (QED) is 0.457. The molecule has 0 saturated carbocycles. The van der Waals surface area contributed by atoms with E-state index in [2.05, 4.69) is 15.4 Å². The highest BCUT2D eigenvalue weighted by atomic mass is 32.1. The molecule has 0 fully saturated rings. The normalized spacial score (nSPS) is 12.9. The third-order valence-corrected chi connectivity index (χ3v) is 6.06. The summed E-state index contributed by atoms with van der Waals surface area (Å²) in [5.41, 5.74) is 7.49. The second kappa shape index (κ2) is 8.03. The Labute approximate surface area is 174 Å². The molecule has 0 aliphatic heterocycles. The number of non-ortho nitro benzene ring substituents is 1. The maximum atomic E-state index is 12.5. The zero-order valence-electron chi connectivity index (χ0n) is 15.8. The number of nitrogens with one attached hydrogen (secondary N) is 1. The molecule has 0 spiro atoms.